The Hall–Kier alpha value is -0.890. The van der Waals surface area contributed by atoms with Crippen LogP contribution < -0.4 is 5.32 Å². The lowest BCUT2D eigenvalue weighted by atomic mass is 10.3. The van der Waals surface area contributed by atoms with Crippen molar-refractivity contribution in [3.63, 3.8) is 0 Å². The normalized spacial score (nSPS) is 13.9. The monoisotopic (exact) mass is 511 g/mol. The number of ether oxygens (including phenoxy) is 8. The number of carboxylic acids is 1. The third-order valence-corrected chi connectivity index (χ3v) is 4.64. The molecule has 0 aromatic rings. The van der Waals surface area contributed by atoms with Gasteiger partial charge in [0.2, 0.25) is 0 Å². The highest BCUT2D eigenvalue weighted by Crippen LogP contribution is 2.35. The Morgan fingerprint density at radius 2 is 1.06 bits per heavy atom. The van der Waals surface area contributed by atoms with Gasteiger partial charge in [0.25, 0.3) is 0 Å². The first-order valence-corrected chi connectivity index (χ1v) is 12.8. The van der Waals surface area contributed by atoms with Crippen LogP contribution in [0.15, 0.2) is 0 Å². The maximum atomic E-state index is 10.3. The first-order valence-electron chi connectivity index (χ1n) is 12.8. The lowest BCUT2D eigenvalue weighted by Gasteiger charge is -2.17. The molecule has 210 valence electrons. The highest BCUT2D eigenvalue weighted by Gasteiger charge is 2.42. The second-order valence-electron chi connectivity index (χ2n) is 7.46. The Morgan fingerprint density at radius 1 is 0.657 bits per heavy atom. The number of carboxylic acid groups (broad SMARTS) is 1. The van der Waals surface area contributed by atoms with E-state index >= 15 is 0 Å². The molecule has 1 rings (SSSR count). The number of rotatable bonds is 27. The van der Waals surface area contributed by atoms with Crippen LogP contribution in [0, 0.1) is 0 Å². The van der Waals surface area contributed by atoms with E-state index in [0.717, 1.165) is 19.4 Å². The summed E-state index contributed by atoms with van der Waals surface area (Å²) in [5.74, 6) is -0.984. The van der Waals surface area contributed by atoms with Gasteiger partial charge in [-0.1, -0.05) is 13.8 Å². The van der Waals surface area contributed by atoms with Crippen LogP contribution in [0.5, 0.6) is 0 Å². The maximum Gasteiger partial charge on any atom is 0.329 e. The number of hydrogen-bond donors (Lipinski definition) is 2. The standard InChI is InChI=1S/C22H43NO10.C2H6/c1-2-26-7-8-28-11-14-31-16-18-33-20-22(3-4-22)23-5-6-27-9-10-29-12-13-30-15-17-32-19-21(24)25;1-2/h23H,2-20H2,1H3,(H,24,25);1-2H3. The highest BCUT2D eigenvalue weighted by atomic mass is 16.6. The molecule has 1 aliphatic carbocycles. The largest absolute Gasteiger partial charge is 0.480 e. The van der Waals surface area contributed by atoms with E-state index in [1.165, 1.54) is 0 Å². The Bertz CT molecular complexity index is 452. The van der Waals surface area contributed by atoms with E-state index in [1.54, 1.807) is 0 Å². The summed E-state index contributed by atoms with van der Waals surface area (Å²) >= 11 is 0. The SMILES string of the molecule is CC.CCOCCOCCOCCOCC1(NCCOCCOCCOCCOCC(=O)O)CC1. The van der Waals surface area contributed by atoms with E-state index in [1.807, 2.05) is 20.8 Å². The zero-order chi connectivity index (χ0) is 25.9. The van der Waals surface area contributed by atoms with Crippen LogP contribution in [0.3, 0.4) is 0 Å². The van der Waals surface area contributed by atoms with Crippen molar-refractivity contribution in [2.45, 2.75) is 39.2 Å². The van der Waals surface area contributed by atoms with Gasteiger partial charge in [0.1, 0.15) is 6.61 Å². The van der Waals surface area contributed by atoms with Crippen LogP contribution in [0.2, 0.25) is 0 Å². The number of aliphatic carboxylic acids is 1. The van der Waals surface area contributed by atoms with E-state index in [0.29, 0.717) is 92.5 Å². The molecule has 0 bridgehead atoms. The number of nitrogens with one attached hydrogen (secondary N) is 1. The molecule has 1 fully saturated rings. The van der Waals surface area contributed by atoms with E-state index in [-0.39, 0.29) is 18.8 Å². The molecule has 0 aromatic carbocycles. The summed E-state index contributed by atoms with van der Waals surface area (Å²) in [5.41, 5.74) is 0.0910. The van der Waals surface area contributed by atoms with Gasteiger partial charge < -0.3 is 48.3 Å². The quantitative estimate of drug-likeness (QED) is 0.155. The van der Waals surface area contributed by atoms with Gasteiger partial charge in [0.15, 0.2) is 0 Å². The fraction of sp³-hybridized carbons (Fsp3) is 0.958. The first kappa shape index (κ1) is 34.1. The molecule has 0 amide bonds. The van der Waals surface area contributed by atoms with Gasteiger partial charge >= 0.3 is 5.97 Å². The molecular formula is C24H49NO10. The number of hydrogen-bond acceptors (Lipinski definition) is 10. The number of carbonyl (C=O) groups is 1. The van der Waals surface area contributed by atoms with Crippen molar-refractivity contribution in [2.75, 3.05) is 112 Å². The summed E-state index contributed by atoms with van der Waals surface area (Å²) in [4.78, 5) is 10.3. The summed E-state index contributed by atoms with van der Waals surface area (Å²) in [6, 6.07) is 0. The average molecular weight is 512 g/mol. The smallest absolute Gasteiger partial charge is 0.329 e. The minimum Gasteiger partial charge on any atom is -0.480 e. The van der Waals surface area contributed by atoms with Gasteiger partial charge in [-0.2, -0.15) is 0 Å². The summed E-state index contributed by atoms with van der Waals surface area (Å²) in [5, 5.41) is 11.9. The van der Waals surface area contributed by atoms with Crippen LogP contribution >= 0.6 is 0 Å². The Balaban J connectivity index is 0.00000562. The van der Waals surface area contributed by atoms with E-state index in [9.17, 15) is 4.79 Å². The van der Waals surface area contributed by atoms with Gasteiger partial charge in [-0.25, -0.2) is 4.79 Å². The van der Waals surface area contributed by atoms with Crippen molar-refractivity contribution in [1.29, 1.82) is 0 Å². The molecule has 11 heteroatoms. The van der Waals surface area contributed by atoms with Crippen molar-refractivity contribution in [2.24, 2.45) is 0 Å². The molecule has 0 unspecified atom stereocenters. The van der Waals surface area contributed by atoms with Crippen LogP contribution in [-0.2, 0) is 42.7 Å². The fourth-order valence-electron chi connectivity index (χ4n) is 2.70. The molecular weight excluding hydrogens is 462 g/mol. The fourth-order valence-corrected chi connectivity index (χ4v) is 2.70. The highest BCUT2D eigenvalue weighted by molar-refractivity contribution is 5.67. The zero-order valence-electron chi connectivity index (χ0n) is 22.1. The zero-order valence-corrected chi connectivity index (χ0v) is 22.1. The second-order valence-corrected chi connectivity index (χ2v) is 7.46. The third-order valence-electron chi connectivity index (χ3n) is 4.64. The van der Waals surface area contributed by atoms with Crippen molar-refractivity contribution >= 4 is 5.97 Å². The predicted octanol–water partition coefficient (Wildman–Crippen LogP) is 1.37. The lowest BCUT2D eigenvalue weighted by Crippen LogP contribution is -2.38. The molecule has 1 saturated carbocycles. The van der Waals surface area contributed by atoms with Gasteiger partial charge in [-0.05, 0) is 19.8 Å². The molecule has 0 aliphatic heterocycles. The molecule has 0 saturated heterocycles. The third kappa shape index (κ3) is 24.6. The van der Waals surface area contributed by atoms with Crippen LogP contribution in [0.1, 0.15) is 33.6 Å². The minimum atomic E-state index is -0.984. The Labute approximate surface area is 211 Å². The van der Waals surface area contributed by atoms with E-state index in [4.69, 9.17) is 43.0 Å². The lowest BCUT2D eigenvalue weighted by molar-refractivity contribution is -0.142. The predicted molar refractivity (Wildman–Crippen MR) is 131 cm³/mol. The molecule has 0 spiro atoms. The van der Waals surface area contributed by atoms with Crippen molar-refractivity contribution in [3.05, 3.63) is 0 Å². The Kier molecular flexibility index (Phi) is 25.5. The molecule has 0 radical (unpaired) electrons. The van der Waals surface area contributed by atoms with Gasteiger partial charge in [0.05, 0.1) is 92.5 Å². The van der Waals surface area contributed by atoms with Crippen molar-refractivity contribution < 1.29 is 47.8 Å². The Morgan fingerprint density at radius 3 is 1.49 bits per heavy atom. The van der Waals surface area contributed by atoms with Crippen molar-refractivity contribution in [1.82, 2.24) is 5.32 Å². The molecule has 35 heavy (non-hydrogen) atoms. The minimum absolute atomic E-state index is 0.0910. The molecule has 1 aliphatic rings. The second kappa shape index (κ2) is 26.2. The van der Waals surface area contributed by atoms with Gasteiger partial charge in [0, 0.05) is 18.7 Å². The van der Waals surface area contributed by atoms with Gasteiger partial charge in [-0.15, -0.1) is 0 Å². The summed E-state index contributed by atoms with van der Waals surface area (Å²) in [6.07, 6.45) is 2.23. The topological polar surface area (TPSA) is 123 Å². The first-order chi connectivity index (χ1) is 17.2. The summed E-state index contributed by atoms with van der Waals surface area (Å²) < 4.78 is 42.9. The summed E-state index contributed by atoms with van der Waals surface area (Å²) in [7, 11) is 0. The van der Waals surface area contributed by atoms with Crippen LogP contribution in [-0.4, -0.2) is 129 Å². The summed E-state index contributed by atoms with van der Waals surface area (Å²) in [6.45, 7) is 14.5. The van der Waals surface area contributed by atoms with E-state index < -0.39 is 5.97 Å². The van der Waals surface area contributed by atoms with Crippen LogP contribution in [0.25, 0.3) is 0 Å². The van der Waals surface area contributed by atoms with E-state index in [2.05, 4.69) is 5.32 Å². The van der Waals surface area contributed by atoms with Crippen LogP contribution in [0.4, 0.5) is 0 Å². The molecule has 0 aromatic heterocycles. The molecule has 2 N–H and O–H groups in total. The molecule has 11 nitrogen and oxygen atoms in total. The van der Waals surface area contributed by atoms with Crippen molar-refractivity contribution in [3.8, 4) is 0 Å². The molecule has 0 atom stereocenters. The average Bonchev–Trinajstić information content (AvgIpc) is 3.63. The van der Waals surface area contributed by atoms with Gasteiger partial charge in [-0.3, -0.25) is 0 Å². The molecule has 0 heterocycles. The maximum absolute atomic E-state index is 10.3.